The summed E-state index contributed by atoms with van der Waals surface area (Å²) in [6.07, 6.45) is 0.387. The quantitative estimate of drug-likeness (QED) is 0.469. The van der Waals surface area contributed by atoms with Crippen molar-refractivity contribution in [3.05, 3.63) is 64.7 Å². The molecule has 1 atom stereocenters. The monoisotopic (exact) mass is 467 g/mol. The van der Waals surface area contributed by atoms with E-state index in [1.807, 2.05) is 26.8 Å². The molecule has 2 aromatic carbocycles. The van der Waals surface area contributed by atoms with E-state index >= 15 is 0 Å². The van der Waals surface area contributed by atoms with E-state index in [1.165, 1.54) is 11.1 Å². The number of ether oxygens (including phenoxy) is 3. The molecule has 34 heavy (non-hydrogen) atoms. The predicted octanol–water partition coefficient (Wildman–Crippen LogP) is 5.98. The van der Waals surface area contributed by atoms with E-state index in [4.69, 9.17) is 14.2 Å². The number of nitrogens with zero attached hydrogens (tertiary/aromatic N) is 1. The van der Waals surface area contributed by atoms with Gasteiger partial charge in [-0.25, -0.2) is 0 Å². The molecule has 0 N–H and O–H groups in total. The summed E-state index contributed by atoms with van der Waals surface area (Å²) in [6.45, 7) is 17.9. The summed E-state index contributed by atoms with van der Waals surface area (Å²) in [7, 11) is 0. The standard InChI is InChI=1S/C29H41NO4/c1-21-18-24(33-20-22-8-10-23(11-9-22)28(2,3)4)12-13-25(21)26-19-30(16-17-32-26)15-14-27(31)34-29(5,6)7/h8-13,18,26H,14-17,19-20H2,1-7H3. The van der Waals surface area contributed by atoms with E-state index in [2.05, 4.69) is 69.0 Å². The highest BCUT2D eigenvalue weighted by atomic mass is 16.6. The number of carbonyl (C=O) groups is 1. The number of hydrogen-bond acceptors (Lipinski definition) is 5. The third-order valence-electron chi connectivity index (χ3n) is 6.02. The Balaban J connectivity index is 1.54. The van der Waals surface area contributed by atoms with Crippen LogP contribution in [-0.4, -0.2) is 42.7 Å². The molecule has 5 heteroatoms. The van der Waals surface area contributed by atoms with Crippen molar-refractivity contribution in [1.82, 2.24) is 4.90 Å². The van der Waals surface area contributed by atoms with Crippen LogP contribution in [0, 0.1) is 6.92 Å². The number of carbonyl (C=O) groups excluding carboxylic acids is 1. The molecule has 186 valence electrons. The van der Waals surface area contributed by atoms with Crippen LogP contribution in [-0.2, 0) is 26.3 Å². The molecular formula is C29H41NO4. The fraction of sp³-hybridized carbons (Fsp3) is 0.552. The lowest BCUT2D eigenvalue weighted by atomic mass is 9.87. The zero-order chi connectivity index (χ0) is 24.9. The molecular weight excluding hydrogens is 426 g/mol. The van der Waals surface area contributed by atoms with Crippen LogP contribution in [0.2, 0.25) is 0 Å². The number of esters is 1. The minimum Gasteiger partial charge on any atom is -0.489 e. The van der Waals surface area contributed by atoms with E-state index in [9.17, 15) is 4.79 Å². The van der Waals surface area contributed by atoms with Crippen molar-refractivity contribution in [1.29, 1.82) is 0 Å². The zero-order valence-corrected chi connectivity index (χ0v) is 21.9. The lowest BCUT2D eigenvalue weighted by Crippen LogP contribution is -2.40. The van der Waals surface area contributed by atoms with Crippen LogP contribution >= 0.6 is 0 Å². The smallest absolute Gasteiger partial charge is 0.307 e. The molecule has 5 nitrogen and oxygen atoms in total. The van der Waals surface area contributed by atoms with Gasteiger partial charge in [0.15, 0.2) is 0 Å². The average molecular weight is 468 g/mol. The number of aryl methyl sites for hydroxylation is 1. The molecule has 2 aromatic rings. The zero-order valence-electron chi connectivity index (χ0n) is 21.9. The molecule has 0 aromatic heterocycles. The fourth-order valence-electron chi connectivity index (χ4n) is 4.10. The molecule has 0 aliphatic carbocycles. The number of rotatable bonds is 7. The van der Waals surface area contributed by atoms with Crippen LogP contribution in [0.1, 0.15) is 76.3 Å². The number of morpholine rings is 1. The summed E-state index contributed by atoms with van der Waals surface area (Å²) in [6, 6.07) is 14.9. The third kappa shape index (κ3) is 7.85. The third-order valence-corrected chi connectivity index (χ3v) is 6.02. The summed E-state index contributed by atoms with van der Waals surface area (Å²) in [5.41, 5.74) is 4.51. The summed E-state index contributed by atoms with van der Waals surface area (Å²) < 4.78 is 17.6. The first-order valence-electron chi connectivity index (χ1n) is 12.3. The van der Waals surface area contributed by atoms with Crippen LogP contribution in [0.5, 0.6) is 5.75 Å². The van der Waals surface area contributed by atoms with Gasteiger partial charge in [0.05, 0.1) is 19.1 Å². The number of benzene rings is 2. The minimum atomic E-state index is -0.443. The molecule has 0 amide bonds. The van der Waals surface area contributed by atoms with E-state index in [-0.39, 0.29) is 17.5 Å². The maximum absolute atomic E-state index is 12.1. The highest BCUT2D eigenvalue weighted by Crippen LogP contribution is 2.29. The van der Waals surface area contributed by atoms with Gasteiger partial charge in [-0.3, -0.25) is 9.69 Å². The highest BCUT2D eigenvalue weighted by Gasteiger charge is 2.25. The summed E-state index contributed by atoms with van der Waals surface area (Å²) in [5, 5.41) is 0. The van der Waals surface area contributed by atoms with Crippen molar-refractivity contribution < 1.29 is 19.0 Å². The first kappa shape index (κ1) is 26.2. The van der Waals surface area contributed by atoms with Gasteiger partial charge < -0.3 is 14.2 Å². The minimum absolute atomic E-state index is 0.00798. The van der Waals surface area contributed by atoms with Crippen LogP contribution in [0.4, 0.5) is 0 Å². The Morgan fingerprint density at radius 1 is 1.06 bits per heavy atom. The normalized spacial score (nSPS) is 17.4. The Kier molecular flexibility index (Phi) is 8.43. The summed E-state index contributed by atoms with van der Waals surface area (Å²) in [5.74, 6) is 0.708. The molecule has 1 fully saturated rings. The van der Waals surface area contributed by atoms with Crippen LogP contribution in [0.3, 0.4) is 0 Å². The highest BCUT2D eigenvalue weighted by molar-refractivity contribution is 5.70. The van der Waals surface area contributed by atoms with Gasteiger partial charge in [-0.05, 0) is 67.5 Å². The topological polar surface area (TPSA) is 48.0 Å². The maximum Gasteiger partial charge on any atom is 0.307 e. The summed E-state index contributed by atoms with van der Waals surface area (Å²) in [4.78, 5) is 14.4. The molecule has 1 aliphatic rings. The fourth-order valence-corrected chi connectivity index (χ4v) is 4.10. The molecule has 0 radical (unpaired) electrons. The Morgan fingerprint density at radius 3 is 2.38 bits per heavy atom. The summed E-state index contributed by atoms with van der Waals surface area (Å²) >= 11 is 0. The van der Waals surface area contributed by atoms with Gasteiger partial charge in [0, 0.05) is 19.6 Å². The van der Waals surface area contributed by atoms with Gasteiger partial charge >= 0.3 is 5.97 Å². The van der Waals surface area contributed by atoms with E-state index < -0.39 is 5.60 Å². The van der Waals surface area contributed by atoms with Crippen LogP contribution in [0.15, 0.2) is 42.5 Å². The van der Waals surface area contributed by atoms with Crippen molar-refractivity contribution in [3.8, 4) is 5.75 Å². The van der Waals surface area contributed by atoms with E-state index in [0.29, 0.717) is 26.2 Å². The van der Waals surface area contributed by atoms with Crippen molar-refractivity contribution in [2.75, 3.05) is 26.2 Å². The van der Waals surface area contributed by atoms with Crippen LogP contribution in [0.25, 0.3) is 0 Å². The Hall–Kier alpha value is -2.37. The van der Waals surface area contributed by atoms with Gasteiger partial charge in [0.25, 0.3) is 0 Å². The van der Waals surface area contributed by atoms with Crippen molar-refractivity contribution in [2.45, 2.75) is 78.6 Å². The lowest BCUT2D eigenvalue weighted by molar-refractivity contribution is -0.155. The van der Waals surface area contributed by atoms with Crippen molar-refractivity contribution >= 4 is 5.97 Å². The van der Waals surface area contributed by atoms with Crippen molar-refractivity contribution in [3.63, 3.8) is 0 Å². The molecule has 0 saturated carbocycles. The SMILES string of the molecule is Cc1cc(OCc2ccc(C(C)(C)C)cc2)ccc1C1CN(CCC(=O)OC(C)(C)C)CCO1. The second-order valence-electron chi connectivity index (χ2n) is 11.3. The van der Waals surface area contributed by atoms with Crippen LogP contribution < -0.4 is 4.74 Å². The van der Waals surface area contributed by atoms with Gasteiger partial charge in [-0.1, -0.05) is 51.1 Å². The Labute approximate surface area is 205 Å². The van der Waals surface area contributed by atoms with E-state index in [0.717, 1.165) is 30.0 Å². The first-order valence-corrected chi connectivity index (χ1v) is 12.3. The maximum atomic E-state index is 12.1. The average Bonchev–Trinajstić information content (AvgIpc) is 2.75. The van der Waals surface area contributed by atoms with Gasteiger partial charge in [0.2, 0.25) is 0 Å². The van der Waals surface area contributed by atoms with E-state index in [1.54, 1.807) is 0 Å². The van der Waals surface area contributed by atoms with Crippen molar-refractivity contribution in [2.24, 2.45) is 0 Å². The Morgan fingerprint density at radius 2 is 1.76 bits per heavy atom. The molecule has 1 aliphatic heterocycles. The van der Waals surface area contributed by atoms with Gasteiger partial charge in [-0.2, -0.15) is 0 Å². The molecule has 0 bridgehead atoms. The van der Waals surface area contributed by atoms with Gasteiger partial charge in [-0.15, -0.1) is 0 Å². The first-order chi connectivity index (χ1) is 15.9. The van der Waals surface area contributed by atoms with Gasteiger partial charge in [0.1, 0.15) is 18.0 Å². The number of hydrogen-bond donors (Lipinski definition) is 0. The molecule has 3 rings (SSSR count). The lowest BCUT2D eigenvalue weighted by Gasteiger charge is -2.33. The molecule has 1 unspecified atom stereocenters. The molecule has 1 heterocycles. The molecule has 0 spiro atoms. The predicted molar refractivity (Wildman–Crippen MR) is 136 cm³/mol. The second kappa shape index (κ2) is 10.9. The Bertz CT molecular complexity index is 954. The largest absolute Gasteiger partial charge is 0.489 e. The molecule has 1 saturated heterocycles. The second-order valence-corrected chi connectivity index (χ2v) is 11.3.